The van der Waals surface area contributed by atoms with Crippen LogP contribution in [-0.2, 0) is 11.3 Å². The summed E-state index contributed by atoms with van der Waals surface area (Å²) in [5.74, 6) is -1.36. The molecule has 0 aliphatic carbocycles. The Bertz CT molecular complexity index is 552. The molecule has 2 rings (SSSR count). The minimum absolute atomic E-state index is 0.0245. The van der Waals surface area contributed by atoms with Crippen molar-refractivity contribution in [2.24, 2.45) is 0 Å². The first-order chi connectivity index (χ1) is 10.0. The summed E-state index contributed by atoms with van der Waals surface area (Å²) in [7, 11) is 0. The summed E-state index contributed by atoms with van der Waals surface area (Å²) in [6, 6.07) is 3.93. The fourth-order valence-electron chi connectivity index (χ4n) is 2.48. The standard InChI is InChI=1S/C15H17F2N3O/c1-10(21)20-4-2-12(3-5-20)19-9-13-14(16)6-11(8-18)7-15(13)17/h6-7,12,19H,2-5,9H2,1H3. The van der Waals surface area contributed by atoms with Crippen LogP contribution < -0.4 is 5.32 Å². The van der Waals surface area contributed by atoms with Crippen LogP contribution in [0.5, 0.6) is 0 Å². The number of nitrogens with zero attached hydrogens (tertiary/aromatic N) is 2. The second-order valence-corrected chi connectivity index (χ2v) is 5.19. The van der Waals surface area contributed by atoms with Gasteiger partial charge in [0, 0.05) is 38.2 Å². The highest BCUT2D eigenvalue weighted by Gasteiger charge is 2.21. The van der Waals surface area contributed by atoms with E-state index in [9.17, 15) is 13.6 Å². The Labute approximate surface area is 122 Å². The predicted molar refractivity (Wildman–Crippen MR) is 73.2 cm³/mol. The number of benzene rings is 1. The van der Waals surface area contributed by atoms with Crippen LogP contribution in [0.15, 0.2) is 12.1 Å². The molecule has 0 aromatic heterocycles. The number of amides is 1. The van der Waals surface area contributed by atoms with E-state index >= 15 is 0 Å². The van der Waals surface area contributed by atoms with Gasteiger partial charge in [-0.3, -0.25) is 4.79 Å². The van der Waals surface area contributed by atoms with E-state index < -0.39 is 11.6 Å². The van der Waals surface area contributed by atoms with Crippen LogP contribution in [0.2, 0.25) is 0 Å². The second kappa shape index (κ2) is 6.64. The summed E-state index contributed by atoms with van der Waals surface area (Å²) >= 11 is 0. The first-order valence-corrected chi connectivity index (χ1v) is 6.88. The first kappa shape index (κ1) is 15.4. The molecular weight excluding hydrogens is 276 g/mol. The zero-order valence-electron chi connectivity index (χ0n) is 11.8. The molecule has 1 fully saturated rings. The van der Waals surface area contributed by atoms with Gasteiger partial charge in [-0.1, -0.05) is 0 Å². The minimum Gasteiger partial charge on any atom is -0.343 e. The van der Waals surface area contributed by atoms with Crippen LogP contribution in [-0.4, -0.2) is 29.9 Å². The van der Waals surface area contributed by atoms with Crippen LogP contribution in [0.3, 0.4) is 0 Å². The number of piperidine rings is 1. The molecule has 4 nitrogen and oxygen atoms in total. The average Bonchev–Trinajstić information content (AvgIpc) is 2.46. The van der Waals surface area contributed by atoms with Gasteiger partial charge in [-0.05, 0) is 25.0 Å². The van der Waals surface area contributed by atoms with E-state index in [0.717, 1.165) is 25.0 Å². The van der Waals surface area contributed by atoms with Crippen LogP contribution in [0.25, 0.3) is 0 Å². The fraction of sp³-hybridized carbons (Fsp3) is 0.467. The fourth-order valence-corrected chi connectivity index (χ4v) is 2.48. The van der Waals surface area contributed by atoms with Crippen molar-refractivity contribution >= 4 is 5.91 Å². The first-order valence-electron chi connectivity index (χ1n) is 6.88. The molecule has 0 spiro atoms. The van der Waals surface area contributed by atoms with Crippen LogP contribution in [0.4, 0.5) is 8.78 Å². The van der Waals surface area contributed by atoms with Gasteiger partial charge in [-0.2, -0.15) is 5.26 Å². The number of carbonyl (C=O) groups is 1. The Morgan fingerprint density at radius 1 is 1.38 bits per heavy atom. The summed E-state index contributed by atoms with van der Waals surface area (Å²) in [4.78, 5) is 13.0. The highest BCUT2D eigenvalue weighted by atomic mass is 19.1. The molecule has 6 heteroatoms. The summed E-state index contributed by atoms with van der Waals surface area (Å²) in [5, 5.41) is 11.8. The van der Waals surface area contributed by atoms with Crippen molar-refractivity contribution in [1.82, 2.24) is 10.2 Å². The molecule has 1 aromatic carbocycles. The van der Waals surface area contributed by atoms with Crippen molar-refractivity contribution in [3.05, 3.63) is 34.9 Å². The third-order valence-electron chi connectivity index (χ3n) is 3.78. The van der Waals surface area contributed by atoms with Gasteiger partial charge in [0.1, 0.15) is 11.6 Å². The molecule has 0 radical (unpaired) electrons. The van der Waals surface area contributed by atoms with E-state index in [-0.39, 0.29) is 29.6 Å². The molecule has 0 unspecified atom stereocenters. The normalized spacial score (nSPS) is 15.8. The monoisotopic (exact) mass is 293 g/mol. The highest BCUT2D eigenvalue weighted by molar-refractivity contribution is 5.73. The number of halogens is 2. The molecule has 21 heavy (non-hydrogen) atoms. The molecule has 1 aliphatic rings. The molecule has 1 saturated heterocycles. The zero-order chi connectivity index (χ0) is 15.4. The van der Waals surface area contributed by atoms with E-state index in [2.05, 4.69) is 5.32 Å². The van der Waals surface area contributed by atoms with Gasteiger partial charge in [0.15, 0.2) is 0 Å². The summed E-state index contributed by atoms with van der Waals surface area (Å²) in [5.41, 5.74) is -0.0773. The number of likely N-dealkylation sites (tertiary alicyclic amines) is 1. The van der Waals surface area contributed by atoms with E-state index in [1.807, 2.05) is 0 Å². The molecule has 0 saturated carbocycles. The average molecular weight is 293 g/mol. The van der Waals surface area contributed by atoms with E-state index in [1.54, 1.807) is 11.0 Å². The lowest BCUT2D eigenvalue weighted by molar-refractivity contribution is -0.129. The van der Waals surface area contributed by atoms with Gasteiger partial charge < -0.3 is 10.2 Å². The number of carbonyl (C=O) groups excluding carboxylic acids is 1. The Kier molecular flexibility index (Phi) is 4.86. The number of rotatable bonds is 3. The molecular formula is C15H17F2N3O. The van der Waals surface area contributed by atoms with Crippen molar-refractivity contribution < 1.29 is 13.6 Å². The van der Waals surface area contributed by atoms with Crippen molar-refractivity contribution in [3.8, 4) is 6.07 Å². The number of hydrogen-bond acceptors (Lipinski definition) is 3. The molecule has 112 valence electrons. The molecule has 0 bridgehead atoms. The van der Waals surface area contributed by atoms with Crippen molar-refractivity contribution in [2.75, 3.05) is 13.1 Å². The van der Waals surface area contributed by atoms with E-state index in [4.69, 9.17) is 5.26 Å². The zero-order valence-corrected chi connectivity index (χ0v) is 11.8. The summed E-state index contributed by atoms with van der Waals surface area (Å²) in [6.45, 7) is 2.93. The Morgan fingerprint density at radius 3 is 2.43 bits per heavy atom. The highest BCUT2D eigenvalue weighted by Crippen LogP contribution is 2.17. The maximum atomic E-state index is 13.7. The van der Waals surface area contributed by atoms with Crippen LogP contribution in [0, 0.1) is 23.0 Å². The number of nitriles is 1. The maximum Gasteiger partial charge on any atom is 0.219 e. The van der Waals surface area contributed by atoms with Crippen molar-refractivity contribution in [2.45, 2.75) is 32.4 Å². The van der Waals surface area contributed by atoms with Crippen molar-refractivity contribution in [1.29, 1.82) is 5.26 Å². The predicted octanol–water partition coefficient (Wildman–Crippen LogP) is 1.94. The molecule has 1 N–H and O–H groups in total. The smallest absolute Gasteiger partial charge is 0.219 e. The lowest BCUT2D eigenvalue weighted by atomic mass is 10.0. The largest absolute Gasteiger partial charge is 0.343 e. The lowest BCUT2D eigenvalue weighted by Gasteiger charge is -2.31. The van der Waals surface area contributed by atoms with E-state index in [1.165, 1.54) is 6.92 Å². The van der Waals surface area contributed by atoms with Gasteiger partial charge in [0.25, 0.3) is 0 Å². The third-order valence-corrected chi connectivity index (χ3v) is 3.78. The number of nitrogens with one attached hydrogen (secondary N) is 1. The van der Waals surface area contributed by atoms with Gasteiger partial charge >= 0.3 is 0 Å². The maximum absolute atomic E-state index is 13.7. The Balaban J connectivity index is 1.93. The SMILES string of the molecule is CC(=O)N1CCC(NCc2c(F)cc(C#N)cc2F)CC1. The van der Waals surface area contributed by atoms with Crippen LogP contribution >= 0.6 is 0 Å². The van der Waals surface area contributed by atoms with Gasteiger partial charge in [0.05, 0.1) is 11.6 Å². The van der Waals surface area contributed by atoms with E-state index in [0.29, 0.717) is 13.1 Å². The summed E-state index contributed by atoms with van der Waals surface area (Å²) in [6.07, 6.45) is 1.53. The molecule has 1 heterocycles. The second-order valence-electron chi connectivity index (χ2n) is 5.19. The van der Waals surface area contributed by atoms with Gasteiger partial charge in [-0.15, -0.1) is 0 Å². The third kappa shape index (κ3) is 3.76. The molecule has 0 atom stereocenters. The minimum atomic E-state index is -0.708. The Morgan fingerprint density at radius 2 is 1.95 bits per heavy atom. The van der Waals surface area contributed by atoms with Gasteiger partial charge in [0.2, 0.25) is 5.91 Å². The van der Waals surface area contributed by atoms with Crippen LogP contribution in [0.1, 0.15) is 30.9 Å². The molecule has 1 aliphatic heterocycles. The number of hydrogen-bond donors (Lipinski definition) is 1. The Hall–Kier alpha value is -2.00. The molecule has 1 aromatic rings. The van der Waals surface area contributed by atoms with Gasteiger partial charge in [-0.25, -0.2) is 8.78 Å². The van der Waals surface area contributed by atoms with Crippen molar-refractivity contribution in [3.63, 3.8) is 0 Å². The summed E-state index contributed by atoms with van der Waals surface area (Å²) < 4.78 is 27.5. The lowest BCUT2D eigenvalue weighted by Crippen LogP contribution is -2.44. The molecule has 1 amide bonds. The quantitative estimate of drug-likeness (QED) is 0.926. The topological polar surface area (TPSA) is 56.1 Å².